The predicted octanol–water partition coefficient (Wildman–Crippen LogP) is 3.66. The lowest BCUT2D eigenvalue weighted by atomic mass is 10.0. The number of sulfonamides is 1. The van der Waals surface area contributed by atoms with Gasteiger partial charge in [-0.1, -0.05) is 18.2 Å². The van der Waals surface area contributed by atoms with Gasteiger partial charge < -0.3 is 20.2 Å². The Hall–Kier alpha value is -2.53. The highest BCUT2D eigenvalue weighted by Gasteiger charge is 2.48. The number of rotatable bonds is 11. The molecule has 1 aliphatic rings. The van der Waals surface area contributed by atoms with Gasteiger partial charge in [0.2, 0.25) is 10.0 Å². The van der Waals surface area contributed by atoms with E-state index in [-0.39, 0.29) is 11.7 Å². The lowest BCUT2D eigenvalue weighted by Gasteiger charge is -2.36. The van der Waals surface area contributed by atoms with Gasteiger partial charge in [-0.3, -0.25) is 0 Å². The Morgan fingerprint density at radius 3 is 2.33 bits per heavy atom. The molecule has 0 aromatic heterocycles. The third kappa shape index (κ3) is 8.25. The summed E-state index contributed by atoms with van der Waals surface area (Å²) in [6.45, 7) is 1.77. The van der Waals surface area contributed by atoms with Crippen molar-refractivity contribution in [2.24, 2.45) is 5.14 Å². The summed E-state index contributed by atoms with van der Waals surface area (Å²) in [5.74, 6) is 0.366. The summed E-state index contributed by atoms with van der Waals surface area (Å²) in [5.41, 5.74) is -6.05. The molecule has 1 amide bonds. The maximum Gasteiger partial charge on any atom is 0.501 e. The molecule has 2 aromatic carbocycles. The first kappa shape index (κ1) is 32.0. The van der Waals surface area contributed by atoms with E-state index in [1.807, 2.05) is 30.3 Å². The number of carbonyl (C=O) groups is 1. The predicted molar refractivity (Wildman–Crippen MR) is 145 cm³/mol. The molecule has 1 fully saturated rings. The van der Waals surface area contributed by atoms with Gasteiger partial charge in [-0.2, -0.15) is 13.2 Å². The van der Waals surface area contributed by atoms with Gasteiger partial charge in [0.25, 0.3) is 9.84 Å². The summed E-state index contributed by atoms with van der Waals surface area (Å²) < 4.78 is 88.9. The molecule has 1 atom stereocenters. The van der Waals surface area contributed by atoms with Crippen LogP contribution in [0.4, 0.5) is 23.7 Å². The largest absolute Gasteiger partial charge is 0.501 e. The number of amides is 1. The van der Waals surface area contributed by atoms with E-state index in [9.17, 15) is 39.9 Å². The monoisotopic (exact) mass is 624 g/mol. The van der Waals surface area contributed by atoms with Gasteiger partial charge in [-0.15, -0.1) is 11.8 Å². The maximum atomic E-state index is 13.5. The number of piperidine rings is 1. The zero-order valence-corrected chi connectivity index (χ0v) is 24.0. The molecule has 0 bridgehead atoms. The summed E-state index contributed by atoms with van der Waals surface area (Å²) in [6, 6.07) is 11.0. The molecule has 0 radical (unpaired) electrons. The summed E-state index contributed by atoms with van der Waals surface area (Å²) in [4.78, 5) is 13.6. The average molecular weight is 625 g/mol. The van der Waals surface area contributed by atoms with Crippen LogP contribution in [0.1, 0.15) is 19.3 Å². The topological polar surface area (TPSA) is 150 Å². The van der Waals surface area contributed by atoms with Gasteiger partial charge >= 0.3 is 11.6 Å². The van der Waals surface area contributed by atoms with E-state index in [1.54, 1.807) is 0 Å². The summed E-state index contributed by atoms with van der Waals surface area (Å²) in [5, 5.41) is 17.2. The zero-order chi connectivity index (χ0) is 29.7. The van der Waals surface area contributed by atoms with Crippen LogP contribution in [0.25, 0.3) is 0 Å². The number of halogens is 3. The summed E-state index contributed by atoms with van der Waals surface area (Å²) in [6.07, 6.45) is 0.672. The van der Waals surface area contributed by atoms with E-state index in [0.717, 1.165) is 17.0 Å². The Balaban J connectivity index is 1.84. The maximum absolute atomic E-state index is 13.5. The molecule has 222 valence electrons. The molecular formula is C24H31F3N4O6S3. The molecule has 1 saturated heterocycles. The zero-order valence-electron chi connectivity index (χ0n) is 21.5. The number of hydrogen-bond donors (Lipinski definition) is 3. The van der Waals surface area contributed by atoms with Crippen LogP contribution in [0.15, 0.2) is 63.2 Å². The molecule has 40 heavy (non-hydrogen) atoms. The quantitative estimate of drug-likeness (QED) is 0.318. The number of nitrogens with zero attached hydrogens (tertiary/aromatic N) is 2. The first-order chi connectivity index (χ1) is 18.6. The van der Waals surface area contributed by atoms with Crippen LogP contribution in [0.3, 0.4) is 0 Å². The Labute approximate surface area is 235 Å². The number of primary sulfonamides is 1. The number of alkyl halides is 3. The minimum Gasteiger partial charge on any atom is -0.465 e. The molecule has 1 aliphatic heterocycles. The highest BCUT2D eigenvalue weighted by Crippen LogP contribution is 2.36. The van der Waals surface area contributed by atoms with Crippen molar-refractivity contribution < 1.29 is 39.9 Å². The van der Waals surface area contributed by atoms with Gasteiger partial charge in [0.15, 0.2) is 0 Å². The van der Waals surface area contributed by atoms with Crippen molar-refractivity contribution in [1.29, 1.82) is 0 Å². The van der Waals surface area contributed by atoms with Crippen LogP contribution >= 0.6 is 11.8 Å². The third-order valence-electron chi connectivity index (χ3n) is 6.63. The number of hydrogen-bond acceptors (Lipinski definition) is 8. The molecule has 0 saturated carbocycles. The standard InChI is InChI=1S/C24H31F3N4O6S3/c1-30(23(32)33)18-10-13-31(14-11-18)12-9-17(16-38-19-5-3-2-4-6-19)29-21-8-7-20(40(28,36)37)15-22(21)39(34,35)24(25,26)27/h2-8,15,17-18,29H,9-14,16H2,1H3,(H,32,33)(H2,28,36,37). The first-order valence-electron chi connectivity index (χ1n) is 12.2. The van der Waals surface area contributed by atoms with E-state index in [2.05, 4.69) is 10.2 Å². The highest BCUT2D eigenvalue weighted by atomic mass is 32.2. The highest BCUT2D eigenvalue weighted by molar-refractivity contribution is 7.99. The normalized spacial score (nSPS) is 16.4. The van der Waals surface area contributed by atoms with Gasteiger partial charge in [0.05, 0.1) is 10.6 Å². The van der Waals surface area contributed by atoms with Crippen LogP contribution in [0, 0.1) is 0 Å². The summed E-state index contributed by atoms with van der Waals surface area (Å²) >= 11 is 1.43. The number of anilines is 1. The second kappa shape index (κ2) is 13.0. The van der Waals surface area contributed by atoms with Crippen LogP contribution in [-0.4, -0.2) is 87.9 Å². The molecule has 4 N–H and O–H groups in total. The third-order valence-corrected chi connectivity index (χ3v) is 10.2. The Morgan fingerprint density at radius 1 is 1.15 bits per heavy atom. The van der Waals surface area contributed by atoms with E-state index in [4.69, 9.17) is 5.14 Å². The minimum atomic E-state index is -5.91. The van der Waals surface area contributed by atoms with Crippen molar-refractivity contribution in [1.82, 2.24) is 9.80 Å². The number of benzene rings is 2. The lowest BCUT2D eigenvalue weighted by Crippen LogP contribution is -2.46. The molecule has 2 aromatic rings. The number of likely N-dealkylation sites (tertiary alicyclic amines) is 1. The van der Waals surface area contributed by atoms with Crippen LogP contribution in [0.5, 0.6) is 0 Å². The molecule has 16 heteroatoms. The fourth-order valence-corrected chi connectivity index (χ4v) is 6.86. The Morgan fingerprint density at radius 2 is 1.77 bits per heavy atom. The fourth-order valence-electron chi connectivity index (χ4n) is 4.30. The van der Waals surface area contributed by atoms with E-state index >= 15 is 0 Å². The SMILES string of the molecule is CN(C(=O)O)C1CCN(CCC(CSc2ccccc2)Nc2ccc(S(N)(=O)=O)cc2S(=O)(=O)C(F)(F)F)CC1. The van der Waals surface area contributed by atoms with Crippen molar-refractivity contribution >= 4 is 43.4 Å². The number of nitrogens with one attached hydrogen (secondary N) is 1. The van der Waals surface area contributed by atoms with Gasteiger partial charge in [-0.25, -0.2) is 26.8 Å². The number of carboxylic acid groups (broad SMARTS) is 1. The second-order valence-corrected chi connectivity index (χ2v) is 13.9. The molecule has 1 heterocycles. The van der Waals surface area contributed by atoms with Gasteiger partial charge in [-0.05, 0) is 49.6 Å². The fraction of sp³-hybridized carbons (Fsp3) is 0.458. The lowest BCUT2D eigenvalue weighted by molar-refractivity contribution is -0.0435. The average Bonchev–Trinajstić information content (AvgIpc) is 2.89. The molecule has 10 nitrogen and oxygen atoms in total. The minimum absolute atomic E-state index is 0.108. The van der Waals surface area contributed by atoms with E-state index < -0.39 is 47.3 Å². The van der Waals surface area contributed by atoms with Crippen molar-refractivity contribution in [2.45, 2.75) is 51.5 Å². The molecule has 0 spiro atoms. The smallest absolute Gasteiger partial charge is 0.465 e. The summed E-state index contributed by atoms with van der Waals surface area (Å²) in [7, 11) is -8.86. The van der Waals surface area contributed by atoms with Crippen molar-refractivity contribution in [3.8, 4) is 0 Å². The second-order valence-electron chi connectivity index (χ2n) is 9.37. The number of thioether (sulfide) groups is 1. The molecule has 1 unspecified atom stereocenters. The van der Waals surface area contributed by atoms with Crippen LogP contribution in [-0.2, 0) is 19.9 Å². The Bertz CT molecular complexity index is 1380. The Kier molecular flexibility index (Phi) is 10.4. The van der Waals surface area contributed by atoms with Crippen molar-refractivity contribution in [3.05, 3.63) is 48.5 Å². The number of sulfone groups is 1. The van der Waals surface area contributed by atoms with Gasteiger partial charge in [0, 0.05) is 49.4 Å². The first-order valence-corrected chi connectivity index (χ1v) is 16.2. The van der Waals surface area contributed by atoms with Crippen molar-refractivity contribution in [3.63, 3.8) is 0 Å². The number of nitrogens with two attached hydrogens (primary N) is 1. The van der Waals surface area contributed by atoms with Crippen molar-refractivity contribution in [2.75, 3.05) is 37.8 Å². The molecular weight excluding hydrogens is 593 g/mol. The molecule has 0 aliphatic carbocycles. The van der Waals surface area contributed by atoms with Gasteiger partial charge in [0.1, 0.15) is 4.90 Å². The van der Waals surface area contributed by atoms with Crippen LogP contribution < -0.4 is 10.5 Å². The van der Waals surface area contributed by atoms with Crippen LogP contribution in [0.2, 0.25) is 0 Å². The molecule has 3 rings (SSSR count). The van der Waals surface area contributed by atoms with E-state index in [0.29, 0.717) is 50.7 Å². The van der Waals surface area contributed by atoms with E-state index in [1.165, 1.54) is 23.7 Å².